The zero-order valence-corrected chi connectivity index (χ0v) is 5.61. The smallest absolute Gasteiger partial charge is 0.329 e. The molecule has 5 heteroatoms. The summed E-state index contributed by atoms with van der Waals surface area (Å²) in [5.41, 5.74) is 0. The Morgan fingerprint density at radius 1 is 1.55 bits per heavy atom. The van der Waals surface area contributed by atoms with Crippen LogP contribution in [0.2, 0.25) is 0 Å². The number of hydrogen-bond acceptors (Lipinski definition) is 4. The van der Waals surface area contributed by atoms with Crippen molar-refractivity contribution in [2.24, 2.45) is 4.99 Å². The van der Waals surface area contributed by atoms with Crippen molar-refractivity contribution in [3.8, 4) is 0 Å². The molecule has 0 aliphatic rings. The summed E-state index contributed by atoms with van der Waals surface area (Å²) in [7, 11) is 0. The minimum absolute atomic E-state index is 0.00588. The van der Waals surface area contributed by atoms with Crippen LogP contribution in [0.4, 0.5) is 0 Å². The van der Waals surface area contributed by atoms with Crippen LogP contribution in [-0.2, 0) is 14.4 Å². The molecule has 0 aromatic carbocycles. The number of carbonyl (C=O) groups excluding carboxylic acids is 2. The van der Waals surface area contributed by atoms with Gasteiger partial charge in [0.2, 0.25) is 6.08 Å². The molecule has 1 atom stereocenters. The monoisotopic (exact) mass is 156 g/mol. The van der Waals surface area contributed by atoms with Gasteiger partial charge in [-0.15, -0.1) is 0 Å². The zero-order valence-electron chi connectivity index (χ0n) is 5.61. The highest BCUT2D eigenvalue weighted by atomic mass is 16.4. The van der Waals surface area contributed by atoms with E-state index < -0.39 is 12.0 Å². The van der Waals surface area contributed by atoms with E-state index in [0.717, 1.165) is 6.08 Å². The van der Waals surface area contributed by atoms with E-state index in [-0.39, 0.29) is 12.8 Å². The number of carboxylic acid groups (broad SMARTS) is 1. The molecule has 0 spiro atoms. The van der Waals surface area contributed by atoms with Crippen LogP contribution >= 0.6 is 0 Å². The van der Waals surface area contributed by atoms with E-state index in [0.29, 0.717) is 0 Å². The van der Waals surface area contributed by atoms with E-state index in [1.54, 1.807) is 0 Å². The van der Waals surface area contributed by atoms with Gasteiger partial charge < -0.3 is 5.11 Å². The third kappa shape index (κ3) is 4.00. The van der Waals surface area contributed by atoms with Gasteiger partial charge in [0.1, 0.15) is 0 Å². The quantitative estimate of drug-likeness (QED) is 0.436. The second-order valence-electron chi connectivity index (χ2n) is 1.76. The molecule has 0 aromatic rings. The third-order valence-corrected chi connectivity index (χ3v) is 1.01. The van der Waals surface area contributed by atoms with Gasteiger partial charge in [-0.1, -0.05) is 0 Å². The molecule has 0 saturated heterocycles. The van der Waals surface area contributed by atoms with E-state index >= 15 is 0 Å². The molecule has 0 unspecified atom stereocenters. The Kier molecular flexibility index (Phi) is 4.60. The molecule has 0 aromatic heterocycles. The summed E-state index contributed by atoms with van der Waals surface area (Å²) < 4.78 is 0. The Labute approximate surface area is 62.7 Å². The lowest BCUT2D eigenvalue weighted by molar-refractivity contribution is -0.138. The molecule has 0 rings (SSSR count). The van der Waals surface area contributed by atoms with Gasteiger partial charge in [0.15, 0.2) is 12.3 Å². The number of nitrogens with zero attached hydrogens (tertiary/aromatic N) is 1. The largest absolute Gasteiger partial charge is 0.480 e. The van der Waals surface area contributed by atoms with E-state index in [1.165, 1.54) is 6.29 Å². The van der Waals surface area contributed by atoms with Gasteiger partial charge in [0, 0.05) is 6.42 Å². The van der Waals surface area contributed by atoms with E-state index in [1.807, 2.05) is 0 Å². The lowest BCUT2D eigenvalue weighted by Gasteiger charge is -1.99. The number of isocyanates is 1. The SMILES string of the molecule is O=[C]CC[C@H](N=C=O)C(=O)O. The van der Waals surface area contributed by atoms with E-state index in [2.05, 4.69) is 4.99 Å². The summed E-state index contributed by atoms with van der Waals surface area (Å²) in [6, 6.07) is -1.16. The number of carbonyl (C=O) groups is 1. The molecule has 1 N–H and O–H groups in total. The van der Waals surface area contributed by atoms with E-state index in [9.17, 15) is 14.4 Å². The predicted octanol–water partition coefficient (Wildman–Crippen LogP) is -0.335. The van der Waals surface area contributed by atoms with Gasteiger partial charge in [0.05, 0.1) is 0 Å². The molecule has 0 bridgehead atoms. The average molecular weight is 156 g/mol. The maximum Gasteiger partial charge on any atom is 0.329 e. The van der Waals surface area contributed by atoms with Gasteiger partial charge in [-0.05, 0) is 6.42 Å². The molecule has 11 heavy (non-hydrogen) atoms. The first-order chi connectivity index (χ1) is 5.22. The Bertz CT molecular complexity index is 193. The van der Waals surface area contributed by atoms with Crippen molar-refractivity contribution >= 4 is 18.3 Å². The lowest BCUT2D eigenvalue weighted by Crippen LogP contribution is -2.17. The number of aliphatic carboxylic acids is 1. The summed E-state index contributed by atoms with van der Waals surface area (Å²) >= 11 is 0. The van der Waals surface area contributed by atoms with Crippen molar-refractivity contribution in [1.82, 2.24) is 0 Å². The van der Waals surface area contributed by atoms with Crippen molar-refractivity contribution in [1.29, 1.82) is 0 Å². The predicted molar refractivity (Wildman–Crippen MR) is 34.5 cm³/mol. The number of aliphatic imine (C=N–C) groups is 1. The summed E-state index contributed by atoms with van der Waals surface area (Å²) in [5.74, 6) is -1.23. The zero-order chi connectivity index (χ0) is 8.69. The van der Waals surface area contributed by atoms with Crippen molar-refractivity contribution in [3.63, 3.8) is 0 Å². The van der Waals surface area contributed by atoms with Crippen LogP contribution in [-0.4, -0.2) is 29.5 Å². The average Bonchev–Trinajstić information content (AvgIpc) is 1.97. The highest BCUT2D eigenvalue weighted by molar-refractivity contribution is 5.75. The molecular formula is C6H6NO4. The molecule has 0 heterocycles. The molecule has 59 valence electrons. The lowest BCUT2D eigenvalue weighted by atomic mass is 10.2. The molecule has 5 nitrogen and oxygen atoms in total. The Hall–Kier alpha value is -1.48. The van der Waals surface area contributed by atoms with Crippen LogP contribution < -0.4 is 0 Å². The van der Waals surface area contributed by atoms with Gasteiger partial charge in [-0.25, -0.2) is 9.59 Å². The first kappa shape index (κ1) is 9.52. The molecule has 0 aliphatic carbocycles. The number of rotatable bonds is 5. The molecule has 0 amide bonds. The molecule has 0 fully saturated rings. The summed E-state index contributed by atoms with van der Waals surface area (Å²) in [6.45, 7) is 0. The maximum atomic E-state index is 10.2. The van der Waals surface area contributed by atoms with Crippen molar-refractivity contribution in [2.75, 3.05) is 0 Å². The fourth-order valence-electron chi connectivity index (χ4n) is 0.503. The van der Waals surface area contributed by atoms with Crippen molar-refractivity contribution in [3.05, 3.63) is 0 Å². The molecule has 0 aliphatic heterocycles. The standard InChI is InChI=1S/C6H6NO4/c8-3-1-2-5(6(10)11)7-4-9/h5H,1-2H2,(H,10,11)/t5-/m0/s1. The highest BCUT2D eigenvalue weighted by Crippen LogP contribution is 1.99. The molecule has 0 saturated carbocycles. The second kappa shape index (κ2) is 5.32. The van der Waals surface area contributed by atoms with Crippen molar-refractivity contribution < 1.29 is 19.5 Å². The maximum absolute atomic E-state index is 10.2. The highest BCUT2D eigenvalue weighted by Gasteiger charge is 2.14. The molecule has 1 radical (unpaired) electrons. The minimum atomic E-state index is -1.23. The van der Waals surface area contributed by atoms with Gasteiger partial charge in [0.25, 0.3) is 0 Å². The Morgan fingerprint density at radius 2 is 2.18 bits per heavy atom. The number of carboxylic acids is 1. The molecular weight excluding hydrogens is 150 g/mol. The Balaban J connectivity index is 3.99. The normalized spacial score (nSPS) is 11.3. The topological polar surface area (TPSA) is 83.8 Å². The van der Waals surface area contributed by atoms with E-state index in [4.69, 9.17) is 5.11 Å². The first-order valence-electron chi connectivity index (χ1n) is 2.87. The fourth-order valence-corrected chi connectivity index (χ4v) is 0.503. The minimum Gasteiger partial charge on any atom is -0.480 e. The van der Waals surface area contributed by atoms with Crippen LogP contribution in [0.3, 0.4) is 0 Å². The Morgan fingerprint density at radius 3 is 2.55 bits per heavy atom. The summed E-state index contributed by atoms with van der Waals surface area (Å²) in [6.07, 6.45) is 2.59. The van der Waals surface area contributed by atoms with Crippen LogP contribution in [0, 0.1) is 0 Å². The first-order valence-corrected chi connectivity index (χ1v) is 2.87. The number of hydrogen-bond donors (Lipinski definition) is 1. The third-order valence-electron chi connectivity index (χ3n) is 1.01. The fraction of sp³-hybridized carbons (Fsp3) is 0.500. The van der Waals surface area contributed by atoms with Crippen LogP contribution in [0.5, 0.6) is 0 Å². The van der Waals surface area contributed by atoms with Crippen molar-refractivity contribution in [2.45, 2.75) is 18.9 Å². The van der Waals surface area contributed by atoms with Crippen LogP contribution in [0.25, 0.3) is 0 Å². The van der Waals surface area contributed by atoms with Gasteiger partial charge in [-0.2, -0.15) is 4.99 Å². The van der Waals surface area contributed by atoms with Gasteiger partial charge in [-0.3, -0.25) is 4.79 Å². The summed E-state index contributed by atoms with van der Waals surface area (Å²) in [4.78, 5) is 32.5. The second-order valence-corrected chi connectivity index (χ2v) is 1.76. The summed E-state index contributed by atoms with van der Waals surface area (Å²) in [5, 5.41) is 8.33. The van der Waals surface area contributed by atoms with Gasteiger partial charge >= 0.3 is 5.97 Å². The van der Waals surface area contributed by atoms with Crippen LogP contribution in [0.15, 0.2) is 4.99 Å². The van der Waals surface area contributed by atoms with Crippen LogP contribution in [0.1, 0.15) is 12.8 Å².